The molecule has 134 valence electrons. The van der Waals surface area contributed by atoms with E-state index in [1.165, 1.54) is 29.4 Å². The van der Waals surface area contributed by atoms with Gasteiger partial charge >= 0.3 is 5.97 Å². The van der Waals surface area contributed by atoms with Gasteiger partial charge in [0.15, 0.2) is 0 Å². The lowest BCUT2D eigenvalue weighted by Crippen LogP contribution is -2.43. The van der Waals surface area contributed by atoms with Gasteiger partial charge in [-0.2, -0.15) is 0 Å². The van der Waals surface area contributed by atoms with Crippen LogP contribution in [0.25, 0.3) is 0 Å². The summed E-state index contributed by atoms with van der Waals surface area (Å²) < 4.78 is 4.61. The van der Waals surface area contributed by atoms with Crippen molar-refractivity contribution in [2.45, 2.75) is 58.9 Å². The fourth-order valence-electron chi connectivity index (χ4n) is 2.96. The molecule has 0 fully saturated rings. The fourth-order valence-corrected chi connectivity index (χ4v) is 2.96. The molecule has 0 saturated heterocycles. The predicted octanol–water partition coefficient (Wildman–Crippen LogP) is 2.33. The van der Waals surface area contributed by atoms with Gasteiger partial charge in [0, 0.05) is 6.42 Å². The van der Waals surface area contributed by atoms with Crippen molar-refractivity contribution < 1.29 is 14.3 Å². The summed E-state index contributed by atoms with van der Waals surface area (Å²) in [5.74, 6) is -0.507. The molecule has 0 aromatic heterocycles. The van der Waals surface area contributed by atoms with Gasteiger partial charge in [-0.25, -0.2) is 0 Å². The number of carbonyl (C=O) groups excluding carboxylic acids is 2. The minimum atomic E-state index is -0.370. The molecule has 0 aliphatic carbocycles. The Balaban J connectivity index is 2.48. The van der Waals surface area contributed by atoms with E-state index in [2.05, 4.69) is 43.0 Å². The number of hydrogen-bond donors (Lipinski definition) is 2. The molecule has 1 aromatic rings. The Bertz CT molecular complexity index is 547. The molecule has 0 unspecified atom stereocenters. The van der Waals surface area contributed by atoms with E-state index >= 15 is 0 Å². The minimum absolute atomic E-state index is 0.178. The van der Waals surface area contributed by atoms with Crippen LogP contribution in [0.4, 0.5) is 0 Å². The molecule has 3 N–H and O–H groups in total. The van der Waals surface area contributed by atoms with Crippen LogP contribution in [0.3, 0.4) is 0 Å². The number of methoxy groups -OCH3 is 1. The summed E-state index contributed by atoms with van der Waals surface area (Å²) in [6.07, 6.45) is 3.65. The quantitative estimate of drug-likeness (QED) is 0.508. The highest BCUT2D eigenvalue weighted by molar-refractivity contribution is 5.80. The number of carbonyl (C=O) groups is 2. The topological polar surface area (TPSA) is 81.4 Å². The van der Waals surface area contributed by atoms with Crippen LogP contribution < -0.4 is 11.1 Å². The summed E-state index contributed by atoms with van der Waals surface area (Å²) in [6.45, 7) is 6.92. The number of benzene rings is 1. The first-order chi connectivity index (χ1) is 11.3. The van der Waals surface area contributed by atoms with Crippen molar-refractivity contribution in [1.82, 2.24) is 5.32 Å². The monoisotopic (exact) mass is 334 g/mol. The van der Waals surface area contributed by atoms with Crippen LogP contribution in [-0.4, -0.2) is 31.6 Å². The summed E-state index contributed by atoms with van der Waals surface area (Å²) in [5, 5.41) is 3.25. The summed E-state index contributed by atoms with van der Waals surface area (Å²) in [6, 6.07) is 3.89. The second-order valence-electron chi connectivity index (χ2n) is 6.38. The standard InChI is InChI=1S/C19H30N2O3/c1-13-10-14(2)16(15(3)11-13)12-17(19(20)23)21-9-7-5-6-8-18(22)24-4/h10-11,17,21H,5-9,12H2,1-4H3,(H2,20,23)/t17-/m0/s1. The molecule has 5 heteroatoms. The summed E-state index contributed by atoms with van der Waals surface area (Å²) >= 11 is 0. The number of esters is 1. The molecular formula is C19H30N2O3. The zero-order valence-electron chi connectivity index (χ0n) is 15.3. The second-order valence-corrected chi connectivity index (χ2v) is 6.38. The predicted molar refractivity (Wildman–Crippen MR) is 95.8 cm³/mol. The first kappa shape index (κ1) is 20.2. The zero-order valence-corrected chi connectivity index (χ0v) is 15.3. The number of primary amides is 1. The molecule has 0 saturated carbocycles. The maximum Gasteiger partial charge on any atom is 0.305 e. The van der Waals surface area contributed by atoms with Crippen LogP contribution in [0.1, 0.15) is 47.9 Å². The Hall–Kier alpha value is -1.88. The minimum Gasteiger partial charge on any atom is -0.469 e. The number of aryl methyl sites for hydroxylation is 3. The number of nitrogens with one attached hydrogen (secondary N) is 1. The third-order valence-electron chi connectivity index (χ3n) is 4.27. The molecule has 0 aliphatic heterocycles. The van der Waals surface area contributed by atoms with E-state index < -0.39 is 0 Å². The molecular weight excluding hydrogens is 304 g/mol. The zero-order chi connectivity index (χ0) is 18.1. The molecule has 0 aliphatic rings. The molecule has 0 radical (unpaired) electrons. The van der Waals surface area contributed by atoms with Crippen LogP contribution >= 0.6 is 0 Å². The second kappa shape index (κ2) is 10.1. The lowest BCUT2D eigenvalue weighted by molar-refractivity contribution is -0.140. The molecule has 1 aromatic carbocycles. The van der Waals surface area contributed by atoms with Gasteiger partial charge in [-0.05, 0) is 63.3 Å². The maximum absolute atomic E-state index is 11.7. The summed E-state index contributed by atoms with van der Waals surface area (Å²) in [5.41, 5.74) is 10.3. The van der Waals surface area contributed by atoms with Crippen molar-refractivity contribution in [3.8, 4) is 0 Å². The van der Waals surface area contributed by atoms with Gasteiger partial charge in [0.25, 0.3) is 0 Å². The van der Waals surface area contributed by atoms with Crippen molar-refractivity contribution in [3.63, 3.8) is 0 Å². The van der Waals surface area contributed by atoms with Crippen LogP contribution in [-0.2, 0) is 20.7 Å². The van der Waals surface area contributed by atoms with E-state index in [4.69, 9.17) is 5.73 Å². The van der Waals surface area contributed by atoms with Gasteiger partial charge in [0.1, 0.15) is 0 Å². The lowest BCUT2D eigenvalue weighted by Gasteiger charge is -2.19. The molecule has 0 bridgehead atoms. The molecule has 5 nitrogen and oxygen atoms in total. The van der Waals surface area contributed by atoms with Gasteiger partial charge in [0.2, 0.25) is 5.91 Å². The number of hydrogen-bond acceptors (Lipinski definition) is 4. The molecule has 24 heavy (non-hydrogen) atoms. The van der Waals surface area contributed by atoms with Crippen molar-refractivity contribution in [2.24, 2.45) is 5.73 Å². The fraction of sp³-hybridized carbons (Fsp3) is 0.579. The molecule has 0 heterocycles. The van der Waals surface area contributed by atoms with Crippen molar-refractivity contribution >= 4 is 11.9 Å². The average Bonchev–Trinajstić information content (AvgIpc) is 2.51. The summed E-state index contributed by atoms with van der Waals surface area (Å²) in [4.78, 5) is 22.8. The van der Waals surface area contributed by atoms with Crippen molar-refractivity contribution in [1.29, 1.82) is 0 Å². The number of nitrogens with two attached hydrogens (primary N) is 1. The van der Waals surface area contributed by atoms with E-state index in [1.807, 2.05) is 0 Å². The van der Waals surface area contributed by atoms with Gasteiger partial charge in [-0.1, -0.05) is 24.1 Å². The third kappa shape index (κ3) is 6.71. The maximum atomic E-state index is 11.7. The van der Waals surface area contributed by atoms with E-state index in [1.54, 1.807) is 0 Å². The van der Waals surface area contributed by atoms with Crippen LogP contribution in [0, 0.1) is 20.8 Å². The molecule has 1 amide bonds. The van der Waals surface area contributed by atoms with Gasteiger partial charge < -0.3 is 15.8 Å². The highest BCUT2D eigenvalue weighted by Gasteiger charge is 2.17. The smallest absolute Gasteiger partial charge is 0.305 e. The van der Waals surface area contributed by atoms with E-state index in [-0.39, 0.29) is 17.9 Å². The lowest BCUT2D eigenvalue weighted by atomic mass is 9.94. The number of unbranched alkanes of at least 4 members (excludes halogenated alkanes) is 2. The number of ether oxygens (including phenoxy) is 1. The van der Waals surface area contributed by atoms with Crippen LogP contribution in [0.5, 0.6) is 0 Å². The largest absolute Gasteiger partial charge is 0.469 e. The van der Waals surface area contributed by atoms with Gasteiger partial charge in [-0.15, -0.1) is 0 Å². The van der Waals surface area contributed by atoms with Gasteiger partial charge in [-0.3, -0.25) is 9.59 Å². The van der Waals surface area contributed by atoms with Crippen LogP contribution in [0.2, 0.25) is 0 Å². The van der Waals surface area contributed by atoms with Gasteiger partial charge in [0.05, 0.1) is 13.2 Å². The molecule has 1 rings (SSSR count). The molecule has 0 spiro atoms. The molecule has 1 atom stereocenters. The van der Waals surface area contributed by atoms with E-state index in [9.17, 15) is 9.59 Å². The van der Waals surface area contributed by atoms with Crippen LogP contribution in [0.15, 0.2) is 12.1 Å². The Morgan fingerprint density at radius 1 is 1.12 bits per heavy atom. The summed E-state index contributed by atoms with van der Waals surface area (Å²) in [7, 11) is 1.40. The SMILES string of the molecule is COC(=O)CCCCCN[C@@H](Cc1c(C)cc(C)cc1C)C(N)=O. The van der Waals surface area contributed by atoms with Crippen molar-refractivity contribution in [3.05, 3.63) is 34.4 Å². The van der Waals surface area contributed by atoms with Crippen molar-refractivity contribution in [2.75, 3.05) is 13.7 Å². The average molecular weight is 334 g/mol. The first-order valence-corrected chi connectivity index (χ1v) is 8.51. The highest BCUT2D eigenvalue weighted by Crippen LogP contribution is 2.18. The number of amides is 1. The normalized spacial score (nSPS) is 12.0. The highest BCUT2D eigenvalue weighted by atomic mass is 16.5. The first-order valence-electron chi connectivity index (χ1n) is 8.51. The third-order valence-corrected chi connectivity index (χ3v) is 4.27. The van der Waals surface area contributed by atoms with E-state index in [0.717, 1.165) is 19.3 Å². The Kier molecular flexibility index (Phi) is 8.47. The number of rotatable bonds is 10. The Morgan fingerprint density at radius 3 is 2.29 bits per heavy atom. The Labute approximate surface area is 145 Å². The van der Waals surface area contributed by atoms with E-state index in [0.29, 0.717) is 19.4 Å². The Morgan fingerprint density at radius 2 is 1.75 bits per heavy atom.